The molecule has 0 spiro atoms. The van der Waals surface area contributed by atoms with Gasteiger partial charge in [-0.05, 0) is 44.4 Å². The fraction of sp³-hybridized carbons (Fsp3) is 0.412. The molecule has 118 valence electrons. The summed E-state index contributed by atoms with van der Waals surface area (Å²) in [7, 11) is 0. The van der Waals surface area contributed by atoms with E-state index in [9.17, 15) is 9.90 Å². The number of aliphatic hydroxyl groups is 1. The molecule has 0 unspecified atom stereocenters. The van der Waals surface area contributed by atoms with E-state index in [1.165, 1.54) is 0 Å². The van der Waals surface area contributed by atoms with Crippen LogP contribution in [0.5, 0.6) is 0 Å². The zero-order valence-electron chi connectivity index (χ0n) is 13.1. The molecule has 1 aromatic heterocycles. The zero-order chi connectivity index (χ0) is 16.0. The Bertz CT molecular complexity index is 583. The van der Waals surface area contributed by atoms with E-state index in [4.69, 9.17) is 0 Å². The molecule has 0 aliphatic carbocycles. The summed E-state index contributed by atoms with van der Waals surface area (Å²) in [6.45, 7) is 4.87. The van der Waals surface area contributed by atoms with Gasteiger partial charge in [0.1, 0.15) is 0 Å². The molecule has 2 aromatic rings. The van der Waals surface area contributed by atoms with E-state index < -0.39 is 5.60 Å². The Kier molecular flexibility index (Phi) is 5.33. The van der Waals surface area contributed by atoms with Crippen molar-refractivity contribution in [2.45, 2.75) is 38.8 Å². The van der Waals surface area contributed by atoms with E-state index in [1.54, 1.807) is 26.4 Å². The first-order valence-electron chi connectivity index (χ1n) is 7.49. The average molecular weight is 301 g/mol. The lowest BCUT2D eigenvalue weighted by molar-refractivity contribution is 0.0713. The molecule has 0 radical (unpaired) electrons. The molecule has 2 rings (SSSR count). The van der Waals surface area contributed by atoms with Crippen LogP contribution in [0.1, 0.15) is 36.2 Å². The van der Waals surface area contributed by atoms with E-state index in [-0.39, 0.29) is 5.91 Å². The number of carbonyl (C=O) groups is 1. The SMILES string of the molecule is CC(C)(O)CCc1ccc(C(=O)NCCn2ccnc2)cc1. The van der Waals surface area contributed by atoms with Gasteiger partial charge in [0.05, 0.1) is 11.9 Å². The van der Waals surface area contributed by atoms with Crippen molar-refractivity contribution >= 4 is 5.91 Å². The van der Waals surface area contributed by atoms with Gasteiger partial charge in [0.25, 0.3) is 5.91 Å². The third-order valence-electron chi connectivity index (χ3n) is 3.46. The van der Waals surface area contributed by atoms with Crippen molar-refractivity contribution in [1.29, 1.82) is 0 Å². The second-order valence-corrected chi connectivity index (χ2v) is 6.07. The molecular weight excluding hydrogens is 278 g/mol. The van der Waals surface area contributed by atoms with Crippen molar-refractivity contribution in [3.8, 4) is 0 Å². The molecule has 0 saturated carbocycles. The molecule has 0 saturated heterocycles. The smallest absolute Gasteiger partial charge is 0.251 e. The molecule has 1 aromatic carbocycles. The number of hydrogen-bond acceptors (Lipinski definition) is 3. The average Bonchev–Trinajstić information content (AvgIpc) is 2.98. The molecule has 5 heteroatoms. The highest BCUT2D eigenvalue weighted by atomic mass is 16.3. The first kappa shape index (κ1) is 16.2. The van der Waals surface area contributed by atoms with Crippen LogP contribution in [0.15, 0.2) is 43.0 Å². The van der Waals surface area contributed by atoms with Gasteiger partial charge in [-0.15, -0.1) is 0 Å². The van der Waals surface area contributed by atoms with E-state index in [0.717, 1.165) is 12.0 Å². The summed E-state index contributed by atoms with van der Waals surface area (Å²) in [5.74, 6) is -0.0749. The number of hydrogen-bond donors (Lipinski definition) is 2. The number of aryl methyl sites for hydroxylation is 1. The lowest BCUT2D eigenvalue weighted by atomic mass is 9.98. The molecule has 22 heavy (non-hydrogen) atoms. The summed E-state index contributed by atoms with van der Waals surface area (Å²) < 4.78 is 1.92. The van der Waals surface area contributed by atoms with Crippen LogP contribution in [0.4, 0.5) is 0 Å². The van der Waals surface area contributed by atoms with Crippen molar-refractivity contribution in [3.63, 3.8) is 0 Å². The Morgan fingerprint density at radius 3 is 2.64 bits per heavy atom. The summed E-state index contributed by atoms with van der Waals surface area (Å²) in [6, 6.07) is 7.53. The minimum Gasteiger partial charge on any atom is -0.390 e. The highest BCUT2D eigenvalue weighted by molar-refractivity contribution is 5.94. The van der Waals surface area contributed by atoms with Gasteiger partial charge in [-0.1, -0.05) is 12.1 Å². The van der Waals surface area contributed by atoms with E-state index in [1.807, 2.05) is 35.0 Å². The minimum absolute atomic E-state index is 0.0749. The fourth-order valence-electron chi connectivity index (χ4n) is 2.09. The van der Waals surface area contributed by atoms with Crippen molar-refractivity contribution in [1.82, 2.24) is 14.9 Å². The van der Waals surface area contributed by atoms with E-state index in [0.29, 0.717) is 25.1 Å². The standard InChI is InChI=1S/C17H23N3O2/c1-17(2,22)8-7-14-3-5-15(6-4-14)16(21)19-10-12-20-11-9-18-13-20/h3-6,9,11,13,22H,7-8,10,12H2,1-2H3,(H,19,21). The fourth-order valence-corrected chi connectivity index (χ4v) is 2.09. The Morgan fingerprint density at radius 2 is 2.05 bits per heavy atom. The number of benzene rings is 1. The maximum absolute atomic E-state index is 12.0. The van der Waals surface area contributed by atoms with E-state index in [2.05, 4.69) is 10.3 Å². The number of aromatic nitrogens is 2. The predicted octanol–water partition coefficient (Wildman–Crippen LogP) is 2.02. The van der Waals surface area contributed by atoms with Crippen LogP contribution in [0.3, 0.4) is 0 Å². The van der Waals surface area contributed by atoms with Gasteiger partial charge in [-0.2, -0.15) is 0 Å². The van der Waals surface area contributed by atoms with Crippen LogP contribution < -0.4 is 5.32 Å². The largest absolute Gasteiger partial charge is 0.390 e. The molecule has 0 aliphatic heterocycles. The first-order valence-corrected chi connectivity index (χ1v) is 7.49. The summed E-state index contributed by atoms with van der Waals surface area (Å²) in [6.07, 6.45) is 6.80. The topological polar surface area (TPSA) is 67.2 Å². The molecule has 0 atom stereocenters. The number of amides is 1. The van der Waals surface area contributed by atoms with Gasteiger partial charge in [-0.25, -0.2) is 4.98 Å². The second kappa shape index (κ2) is 7.22. The second-order valence-electron chi connectivity index (χ2n) is 6.07. The molecule has 1 amide bonds. The van der Waals surface area contributed by atoms with Gasteiger partial charge in [0, 0.05) is 31.0 Å². The molecule has 0 aliphatic rings. The van der Waals surface area contributed by atoms with Gasteiger partial charge in [-0.3, -0.25) is 4.79 Å². The zero-order valence-corrected chi connectivity index (χ0v) is 13.1. The summed E-state index contributed by atoms with van der Waals surface area (Å²) in [5.41, 5.74) is 1.11. The summed E-state index contributed by atoms with van der Waals surface area (Å²) >= 11 is 0. The normalized spacial score (nSPS) is 11.4. The molecular formula is C17H23N3O2. The van der Waals surface area contributed by atoms with Crippen LogP contribution in [0, 0.1) is 0 Å². The Balaban J connectivity index is 1.80. The lowest BCUT2D eigenvalue weighted by Crippen LogP contribution is -2.27. The number of nitrogens with one attached hydrogen (secondary N) is 1. The van der Waals surface area contributed by atoms with Gasteiger partial charge in [0.2, 0.25) is 0 Å². The van der Waals surface area contributed by atoms with Gasteiger partial charge >= 0.3 is 0 Å². The Morgan fingerprint density at radius 1 is 1.32 bits per heavy atom. The molecule has 0 fully saturated rings. The third-order valence-corrected chi connectivity index (χ3v) is 3.46. The highest BCUT2D eigenvalue weighted by Crippen LogP contribution is 2.13. The lowest BCUT2D eigenvalue weighted by Gasteiger charge is -2.16. The number of imidazole rings is 1. The van der Waals surface area contributed by atoms with Crippen molar-refractivity contribution in [2.24, 2.45) is 0 Å². The molecule has 2 N–H and O–H groups in total. The molecule has 5 nitrogen and oxygen atoms in total. The number of nitrogens with zero attached hydrogens (tertiary/aromatic N) is 2. The minimum atomic E-state index is -0.663. The quantitative estimate of drug-likeness (QED) is 0.822. The van der Waals surface area contributed by atoms with Crippen LogP contribution >= 0.6 is 0 Å². The number of rotatable bonds is 7. The van der Waals surface area contributed by atoms with Gasteiger partial charge in [0.15, 0.2) is 0 Å². The van der Waals surface area contributed by atoms with Crippen LogP contribution in [0.25, 0.3) is 0 Å². The Labute approximate surface area is 131 Å². The summed E-state index contributed by atoms with van der Waals surface area (Å²) in [4.78, 5) is 16.0. The highest BCUT2D eigenvalue weighted by Gasteiger charge is 2.12. The molecule has 0 bridgehead atoms. The monoisotopic (exact) mass is 301 g/mol. The summed E-state index contributed by atoms with van der Waals surface area (Å²) in [5, 5.41) is 12.6. The predicted molar refractivity (Wildman–Crippen MR) is 85.6 cm³/mol. The Hall–Kier alpha value is -2.14. The number of carbonyl (C=O) groups excluding carboxylic acids is 1. The van der Waals surface area contributed by atoms with E-state index >= 15 is 0 Å². The maximum Gasteiger partial charge on any atom is 0.251 e. The van der Waals surface area contributed by atoms with Crippen LogP contribution in [-0.4, -0.2) is 32.7 Å². The van der Waals surface area contributed by atoms with Crippen LogP contribution in [-0.2, 0) is 13.0 Å². The van der Waals surface area contributed by atoms with Gasteiger partial charge < -0.3 is 15.0 Å². The first-order chi connectivity index (χ1) is 10.4. The maximum atomic E-state index is 12.0. The van der Waals surface area contributed by atoms with Crippen molar-refractivity contribution < 1.29 is 9.90 Å². The third kappa shape index (κ3) is 5.33. The van der Waals surface area contributed by atoms with Crippen molar-refractivity contribution in [2.75, 3.05) is 6.54 Å². The molecule has 1 heterocycles. The van der Waals surface area contributed by atoms with Crippen molar-refractivity contribution in [3.05, 3.63) is 54.1 Å². The van der Waals surface area contributed by atoms with Crippen LogP contribution in [0.2, 0.25) is 0 Å².